The van der Waals surface area contributed by atoms with Crippen molar-refractivity contribution >= 4 is 40.8 Å². The van der Waals surface area contributed by atoms with Crippen LogP contribution in [0.25, 0.3) is 0 Å². The predicted octanol–water partition coefficient (Wildman–Crippen LogP) is 2.17. The first-order valence-corrected chi connectivity index (χ1v) is 8.92. The SMILES string of the molecule is COC(=O)C1=NNC2(c3ccc(C)cc3)C(=O)N(c3ccc(Cl)cc3)C(=O)C12. The number of esters is 1. The second-order valence-corrected chi connectivity index (χ2v) is 7.10. The third-order valence-electron chi connectivity index (χ3n) is 5.05. The summed E-state index contributed by atoms with van der Waals surface area (Å²) in [6.45, 7) is 1.92. The number of fused-ring (bicyclic) bond motifs is 1. The van der Waals surface area contributed by atoms with Gasteiger partial charge in [0.15, 0.2) is 11.3 Å². The fraction of sp³-hybridized carbons (Fsp3) is 0.200. The van der Waals surface area contributed by atoms with Crippen molar-refractivity contribution in [2.75, 3.05) is 12.0 Å². The number of ether oxygens (including phenoxy) is 1. The van der Waals surface area contributed by atoms with Gasteiger partial charge in [-0.25, -0.2) is 9.69 Å². The summed E-state index contributed by atoms with van der Waals surface area (Å²) in [5, 5.41) is 4.49. The lowest BCUT2D eigenvalue weighted by atomic mass is 9.78. The van der Waals surface area contributed by atoms with Crippen LogP contribution in [0.4, 0.5) is 5.69 Å². The van der Waals surface area contributed by atoms with Crippen molar-refractivity contribution in [3.8, 4) is 0 Å². The number of hydrogen-bond acceptors (Lipinski definition) is 6. The normalized spacial score (nSPS) is 23.3. The lowest BCUT2D eigenvalue weighted by Gasteiger charge is -2.26. The number of nitrogens with zero attached hydrogens (tertiary/aromatic N) is 2. The highest BCUT2D eigenvalue weighted by Gasteiger charge is 2.67. The van der Waals surface area contributed by atoms with E-state index in [9.17, 15) is 14.4 Å². The molecule has 7 nitrogen and oxygen atoms in total. The Morgan fingerprint density at radius 1 is 1.14 bits per heavy atom. The molecule has 0 bridgehead atoms. The van der Waals surface area contributed by atoms with Gasteiger partial charge in [-0.3, -0.25) is 15.0 Å². The van der Waals surface area contributed by atoms with Crippen LogP contribution >= 0.6 is 11.6 Å². The summed E-state index contributed by atoms with van der Waals surface area (Å²) in [6.07, 6.45) is 0. The zero-order valence-corrected chi connectivity index (χ0v) is 15.9. The molecule has 2 unspecified atom stereocenters. The Morgan fingerprint density at radius 3 is 2.39 bits per heavy atom. The maximum atomic E-state index is 13.5. The zero-order chi connectivity index (χ0) is 20.1. The fourth-order valence-corrected chi connectivity index (χ4v) is 3.76. The molecule has 0 aromatic heterocycles. The van der Waals surface area contributed by atoms with Crippen molar-refractivity contribution in [3.63, 3.8) is 0 Å². The van der Waals surface area contributed by atoms with Crippen LogP contribution in [-0.4, -0.2) is 30.6 Å². The Labute approximate surface area is 165 Å². The number of amides is 2. The first-order valence-electron chi connectivity index (χ1n) is 8.54. The summed E-state index contributed by atoms with van der Waals surface area (Å²) in [4.78, 5) is 40.1. The summed E-state index contributed by atoms with van der Waals surface area (Å²) in [5.74, 6) is -2.96. The molecule has 2 amide bonds. The molecule has 2 aliphatic rings. The highest BCUT2D eigenvalue weighted by atomic mass is 35.5. The molecule has 2 atom stereocenters. The molecular weight excluding hydrogens is 382 g/mol. The van der Waals surface area contributed by atoms with Gasteiger partial charge in [0.1, 0.15) is 5.92 Å². The van der Waals surface area contributed by atoms with Crippen molar-refractivity contribution in [3.05, 3.63) is 64.7 Å². The van der Waals surface area contributed by atoms with Crippen LogP contribution in [0.15, 0.2) is 53.6 Å². The van der Waals surface area contributed by atoms with Crippen molar-refractivity contribution in [2.45, 2.75) is 12.5 Å². The molecule has 2 aromatic carbocycles. The van der Waals surface area contributed by atoms with Crippen molar-refractivity contribution < 1.29 is 19.1 Å². The molecule has 0 spiro atoms. The minimum atomic E-state index is -1.51. The summed E-state index contributed by atoms with van der Waals surface area (Å²) in [6, 6.07) is 13.5. The molecule has 2 aliphatic heterocycles. The first-order chi connectivity index (χ1) is 13.4. The molecule has 2 heterocycles. The molecular formula is C20H16ClN3O4. The standard InChI is InChI=1S/C20H16ClN3O4/c1-11-3-5-12(6-4-11)20-15(16(22-23-20)18(26)28-2)17(25)24(19(20)27)14-9-7-13(21)8-10-14/h3-10,15,23H,1-2H3. The Bertz CT molecular complexity index is 1020. The number of nitrogens with one attached hydrogen (secondary N) is 1. The molecule has 4 rings (SSSR count). The minimum absolute atomic E-state index is 0.127. The predicted molar refractivity (Wildman–Crippen MR) is 103 cm³/mol. The van der Waals surface area contributed by atoms with Gasteiger partial charge in [0.25, 0.3) is 5.91 Å². The van der Waals surface area contributed by atoms with E-state index in [0.717, 1.165) is 10.5 Å². The molecule has 1 saturated heterocycles. The van der Waals surface area contributed by atoms with Gasteiger partial charge in [0.2, 0.25) is 5.91 Å². The number of benzene rings is 2. The molecule has 0 saturated carbocycles. The first kappa shape index (κ1) is 18.2. The smallest absolute Gasteiger partial charge is 0.355 e. The van der Waals surface area contributed by atoms with E-state index in [2.05, 4.69) is 10.5 Å². The topological polar surface area (TPSA) is 88.1 Å². The molecule has 0 radical (unpaired) electrons. The molecule has 142 valence electrons. The summed E-state index contributed by atoms with van der Waals surface area (Å²) in [7, 11) is 1.20. The lowest BCUT2D eigenvalue weighted by Crippen LogP contribution is -2.48. The quantitative estimate of drug-likeness (QED) is 0.633. The summed E-state index contributed by atoms with van der Waals surface area (Å²) < 4.78 is 4.77. The second-order valence-electron chi connectivity index (χ2n) is 6.66. The molecule has 1 N–H and O–H groups in total. The van der Waals surface area contributed by atoms with E-state index in [1.54, 1.807) is 36.4 Å². The molecule has 28 heavy (non-hydrogen) atoms. The highest BCUT2D eigenvalue weighted by Crippen LogP contribution is 2.45. The van der Waals surface area contributed by atoms with Gasteiger partial charge in [0, 0.05) is 5.02 Å². The maximum absolute atomic E-state index is 13.5. The number of carbonyl (C=O) groups excluding carboxylic acids is 3. The second kappa shape index (κ2) is 6.45. The van der Waals surface area contributed by atoms with Crippen LogP contribution in [0.2, 0.25) is 5.02 Å². The lowest BCUT2D eigenvalue weighted by molar-refractivity contribution is -0.133. The number of hydrazone groups is 1. The van der Waals surface area contributed by atoms with Gasteiger partial charge < -0.3 is 4.74 Å². The third-order valence-corrected chi connectivity index (χ3v) is 5.31. The number of halogens is 1. The van der Waals surface area contributed by atoms with Crippen LogP contribution < -0.4 is 10.3 Å². The van der Waals surface area contributed by atoms with Crippen LogP contribution in [0.5, 0.6) is 0 Å². The Morgan fingerprint density at radius 2 is 1.79 bits per heavy atom. The molecule has 0 aliphatic carbocycles. The minimum Gasteiger partial charge on any atom is -0.464 e. The van der Waals surface area contributed by atoms with E-state index in [-0.39, 0.29) is 5.71 Å². The van der Waals surface area contributed by atoms with E-state index in [1.165, 1.54) is 7.11 Å². The number of aryl methyl sites for hydroxylation is 1. The zero-order valence-electron chi connectivity index (χ0n) is 15.1. The number of methoxy groups -OCH3 is 1. The number of hydrogen-bond donors (Lipinski definition) is 1. The van der Waals surface area contributed by atoms with Crippen LogP contribution in [0.1, 0.15) is 11.1 Å². The molecule has 8 heteroatoms. The van der Waals surface area contributed by atoms with E-state index in [0.29, 0.717) is 16.3 Å². The highest BCUT2D eigenvalue weighted by molar-refractivity contribution is 6.47. The van der Waals surface area contributed by atoms with Crippen molar-refractivity contribution in [1.29, 1.82) is 0 Å². The van der Waals surface area contributed by atoms with Crippen molar-refractivity contribution in [1.82, 2.24) is 5.43 Å². The molecule has 2 aromatic rings. The van der Waals surface area contributed by atoms with Gasteiger partial charge in [-0.05, 0) is 36.8 Å². The number of anilines is 1. The van der Waals surface area contributed by atoms with E-state index < -0.39 is 29.2 Å². The Kier molecular flexibility index (Phi) is 4.19. The largest absolute Gasteiger partial charge is 0.464 e. The van der Waals surface area contributed by atoms with Gasteiger partial charge in [-0.2, -0.15) is 5.10 Å². The average molecular weight is 398 g/mol. The van der Waals surface area contributed by atoms with Crippen LogP contribution in [0.3, 0.4) is 0 Å². The Balaban J connectivity index is 1.88. The maximum Gasteiger partial charge on any atom is 0.355 e. The fourth-order valence-electron chi connectivity index (χ4n) is 3.64. The monoisotopic (exact) mass is 397 g/mol. The van der Waals surface area contributed by atoms with Crippen LogP contribution in [0, 0.1) is 12.8 Å². The van der Waals surface area contributed by atoms with Gasteiger partial charge >= 0.3 is 5.97 Å². The van der Waals surface area contributed by atoms with Gasteiger partial charge in [-0.1, -0.05) is 41.4 Å². The van der Waals surface area contributed by atoms with Crippen LogP contribution in [-0.2, 0) is 24.7 Å². The Hall–Kier alpha value is -3.19. The number of rotatable bonds is 3. The van der Waals surface area contributed by atoms with E-state index in [4.69, 9.17) is 16.3 Å². The van der Waals surface area contributed by atoms with Crippen molar-refractivity contribution in [2.24, 2.45) is 11.0 Å². The van der Waals surface area contributed by atoms with Gasteiger partial charge in [0.05, 0.1) is 12.8 Å². The van der Waals surface area contributed by atoms with E-state index >= 15 is 0 Å². The number of carbonyl (C=O) groups is 3. The molecule has 1 fully saturated rings. The summed E-state index contributed by atoms with van der Waals surface area (Å²) >= 11 is 5.93. The van der Waals surface area contributed by atoms with Gasteiger partial charge in [-0.15, -0.1) is 0 Å². The average Bonchev–Trinajstić information content (AvgIpc) is 3.19. The van der Waals surface area contributed by atoms with E-state index in [1.807, 2.05) is 19.1 Å². The third kappa shape index (κ3) is 2.43. The number of imide groups is 1. The summed E-state index contributed by atoms with van der Waals surface area (Å²) in [5.41, 5.74) is 3.05.